The Morgan fingerprint density at radius 3 is 2.37 bits per heavy atom. The molecule has 4 unspecified atom stereocenters. The van der Waals surface area contributed by atoms with Crippen molar-refractivity contribution >= 4 is 96.6 Å². The summed E-state index contributed by atoms with van der Waals surface area (Å²) in [5.41, 5.74) is 8.92. The Morgan fingerprint density at radius 1 is 0.889 bits per heavy atom. The van der Waals surface area contributed by atoms with Gasteiger partial charge in [-0.1, -0.05) is 75.8 Å². The summed E-state index contributed by atoms with van der Waals surface area (Å²) in [5, 5.41) is 40.8. The first-order chi connectivity index (χ1) is 47.1. The average Bonchev–Trinajstić information content (AvgIpc) is 1.36. The van der Waals surface area contributed by atoms with Gasteiger partial charge in [0, 0.05) is 103 Å². The number of carbonyl (C=O) groups is 9. The molecule has 0 saturated heterocycles. The first-order valence-corrected chi connectivity index (χ1v) is 34.4. The number of amides is 8. The van der Waals surface area contributed by atoms with Gasteiger partial charge in [-0.25, -0.2) is 24.4 Å². The van der Waals surface area contributed by atoms with Crippen molar-refractivity contribution in [3.05, 3.63) is 137 Å². The topological polar surface area (TPSA) is 343 Å². The van der Waals surface area contributed by atoms with Crippen LogP contribution in [0.25, 0.3) is 43.4 Å². The minimum Gasteiger partial charge on any atom is -0.619 e. The summed E-state index contributed by atoms with van der Waals surface area (Å²) in [6.07, 6.45) is 12.7. The van der Waals surface area contributed by atoms with Crippen molar-refractivity contribution < 1.29 is 62.5 Å². The molecule has 99 heavy (non-hydrogen) atoms. The number of likely N-dealkylation sites (N-methyl/N-ethyl adjacent to an activating group) is 1. The number of ketones is 1. The molecule has 26 heteroatoms. The van der Waals surface area contributed by atoms with E-state index in [2.05, 4.69) is 47.0 Å². The van der Waals surface area contributed by atoms with Crippen LogP contribution in [0, 0.1) is 40.7 Å². The van der Waals surface area contributed by atoms with Crippen LogP contribution in [-0.2, 0) is 46.6 Å². The molecular formula is C73H86N12O13S. The molecule has 6 atom stereocenters. The maximum atomic E-state index is 13.9. The Hall–Kier alpha value is -9.95. The standard InChI is InChI=1S/C73H86N12O13S/c1-44(2)63(80-60(87)17-9-8-12-29-84-61(88)26-27-62(84)89)58(86)33-49(14-13-28-75-68(74)94)65(90)77-51-22-18-47(19-23-51)39-97-70(95)82(7)30-31-98-72(6)40-71(5)34-45(3)35-73(41-71,42-72)43-85-46(4)54(36-76-85)52-24-25-56(78-64(52)67(92)93)48-20-21-50-37-83(96)38-55(53(50)32-48)66(91)81-69-79-57-15-10-11-16-59(57)99-69/h10-11,15-16,18-27,32,36-38,44-45,49,63H,8-9,12-14,17,28-31,33-35,39-43H2,1-7H3,(H,77,90)(H,80,87)(H,92,93)(H3,74,75,94)(H,79,81,91)/t45?,49-,63+,71?,72?,73?/m1/s1. The number of primary amides is 1. The molecule has 0 radical (unpaired) electrons. The number of carboxylic acid groups (broad SMARTS) is 1. The number of thiazole rings is 1. The first-order valence-electron chi connectivity index (χ1n) is 33.6. The predicted octanol–water partition coefficient (Wildman–Crippen LogP) is 10.5. The molecular weight excluding hydrogens is 1280 g/mol. The zero-order valence-electron chi connectivity index (χ0n) is 56.9. The molecule has 522 valence electrons. The van der Waals surface area contributed by atoms with Gasteiger partial charge in [-0.3, -0.25) is 43.7 Å². The number of hydrogen-bond acceptors (Lipinski definition) is 16. The summed E-state index contributed by atoms with van der Waals surface area (Å²) < 4.78 is 16.0. The molecule has 8 amide bonds. The molecule has 2 saturated carbocycles. The van der Waals surface area contributed by atoms with Crippen molar-refractivity contribution in [1.29, 1.82) is 0 Å². The Labute approximate surface area is 577 Å². The number of carboxylic acids is 1. The Morgan fingerprint density at radius 2 is 1.65 bits per heavy atom. The summed E-state index contributed by atoms with van der Waals surface area (Å²) in [4.78, 5) is 128. The van der Waals surface area contributed by atoms with E-state index in [1.807, 2.05) is 35.9 Å². The Kier molecular flexibility index (Phi) is 22.4. The Balaban J connectivity index is 0.722. The van der Waals surface area contributed by atoms with Crippen molar-refractivity contribution in [2.75, 3.05) is 43.9 Å². The molecule has 4 aromatic heterocycles. The molecule has 2 bridgehead atoms. The zero-order chi connectivity index (χ0) is 70.9. The first kappa shape index (κ1) is 71.8. The maximum absolute atomic E-state index is 13.9. The third-order valence-corrected chi connectivity index (χ3v) is 20.0. The lowest BCUT2D eigenvalue weighted by Gasteiger charge is -2.59. The minimum absolute atomic E-state index is 0.0535. The highest BCUT2D eigenvalue weighted by Gasteiger charge is 2.55. The van der Waals surface area contributed by atoms with Gasteiger partial charge in [-0.05, 0) is 148 Å². The number of nitrogens with two attached hydrogens (primary N) is 1. The van der Waals surface area contributed by atoms with Gasteiger partial charge in [-0.15, -0.1) is 0 Å². The Bertz CT molecular complexity index is 4210. The quantitative estimate of drug-likeness (QED) is 0.0105. The lowest BCUT2D eigenvalue weighted by atomic mass is 9.50. The van der Waals surface area contributed by atoms with Crippen molar-refractivity contribution in [1.82, 2.24) is 40.2 Å². The highest BCUT2D eigenvalue weighted by molar-refractivity contribution is 7.22. The van der Waals surface area contributed by atoms with Gasteiger partial charge in [0.15, 0.2) is 29.0 Å². The molecule has 1 aliphatic heterocycles. The number of Topliss-reactive ketones (excluding diaryl/α,β-unsaturated/α-hetero) is 1. The second-order valence-electron chi connectivity index (χ2n) is 27.9. The number of hydrogen-bond donors (Lipinski definition) is 6. The van der Waals surface area contributed by atoms with E-state index in [0.717, 1.165) is 52.9 Å². The average molecular weight is 1370 g/mol. The maximum Gasteiger partial charge on any atom is 0.409 e. The summed E-state index contributed by atoms with van der Waals surface area (Å²) in [5.74, 6) is -4.23. The summed E-state index contributed by atoms with van der Waals surface area (Å²) in [6.45, 7) is 13.8. The number of urea groups is 1. The third kappa shape index (κ3) is 17.9. The molecule has 25 nitrogen and oxygen atoms in total. The number of aromatic nitrogens is 5. The minimum atomic E-state index is -1.23. The molecule has 7 aromatic rings. The van der Waals surface area contributed by atoms with Crippen LogP contribution in [0.15, 0.2) is 110 Å². The van der Waals surface area contributed by atoms with E-state index >= 15 is 0 Å². The number of ether oxygens (including phenoxy) is 2. The fraction of sp³-hybridized carbons (Fsp3) is 0.438. The van der Waals surface area contributed by atoms with Crippen molar-refractivity contribution in [2.24, 2.45) is 34.3 Å². The number of imide groups is 1. The number of anilines is 2. The molecule has 5 heterocycles. The van der Waals surface area contributed by atoms with E-state index in [-0.39, 0.29) is 104 Å². The van der Waals surface area contributed by atoms with Gasteiger partial charge in [0.2, 0.25) is 11.8 Å². The van der Waals surface area contributed by atoms with E-state index in [1.165, 1.54) is 40.8 Å². The second-order valence-corrected chi connectivity index (χ2v) is 28.9. The smallest absolute Gasteiger partial charge is 0.409 e. The van der Waals surface area contributed by atoms with Gasteiger partial charge in [-0.2, -0.15) is 9.83 Å². The van der Waals surface area contributed by atoms with Crippen LogP contribution < -0.4 is 31.7 Å². The summed E-state index contributed by atoms with van der Waals surface area (Å²) in [7, 11) is 1.65. The number of para-hydroxylation sites is 1. The van der Waals surface area contributed by atoms with Crippen molar-refractivity contribution in [3.8, 4) is 22.4 Å². The fourth-order valence-electron chi connectivity index (χ4n) is 15.1. The summed E-state index contributed by atoms with van der Waals surface area (Å²) in [6, 6.07) is 21.3. The van der Waals surface area contributed by atoms with Crippen LogP contribution in [0.5, 0.6) is 0 Å². The molecule has 3 aliphatic rings. The SMILES string of the molecule is Cc1c(-c2ccc(-c3ccc4c[n+]([O-])cc(C(=O)Nc5nc6ccccc6s5)c4c3)nc2C(=O)O)cnn1CC12CC(C)CC(C)(C1)CC(C)(OCCN(C)C(=O)OCc1ccc(NC(=O)[C@H](CCCNC(N)=O)CC(=O)[C@@H](NC(=O)CCCCCN3C(=O)C=CC3=O)C(C)C)cc1)C2. The largest absolute Gasteiger partial charge is 0.619 e. The number of fused-ring (bicyclic) bond motifs is 4. The van der Waals surface area contributed by atoms with Crippen LogP contribution >= 0.6 is 11.3 Å². The van der Waals surface area contributed by atoms with Crippen molar-refractivity contribution in [3.63, 3.8) is 0 Å². The third-order valence-electron chi connectivity index (χ3n) is 19.0. The van der Waals surface area contributed by atoms with Crippen LogP contribution in [0.1, 0.15) is 144 Å². The highest BCUT2D eigenvalue weighted by atomic mass is 32.1. The van der Waals surface area contributed by atoms with Gasteiger partial charge < -0.3 is 46.4 Å². The van der Waals surface area contributed by atoms with Crippen LogP contribution in [0.2, 0.25) is 0 Å². The molecule has 0 spiro atoms. The molecule has 2 aliphatic carbocycles. The summed E-state index contributed by atoms with van der Waals surface area (Å²) >= 11 is 1.31. The molecule has 10 rings (SSSR count). The highest BCUT2D eigenvalue weighted by Crippen LogP contribution is 2.61. The van der Waals surface area contributed by atoms with E-state index in [4.69, 9.17) is 25.3 Å². The van der Waals surface area contributed by atoms with Gasteiger partial charge in [0.25, 0.3) is 17.7 Å². The van der Waals surface area contributed by atoms with E-state index in [1.54, 1.807) is 81.7 Å². The number of pyridine rings is 2. The number of aromatic carboxylic acids is 1. The number of rotatable bonds is 30. The van der Waals surface area contributed by atoms with E-state index in [0.29, 0.717) is 92.4 Å². The molecule has 2 fully saturated rings. The number of nitrogens with one attached hydrogen (secondary N) is 4. The van der Waals surface area contributed by atoms with E-state index in [9.17, 15) is 53.5 Å². The van der Waals surface area contributed by atoms with Gasteiger partial charge >= 0.3 is 18.1 Å². The van der Waals surface area contributed by atoms with Crippen LogP contribution in [0.3, 0.4) is 0 Å². The lowest BCUT2D eigenvalue weighted by molar-refractivity contribution is -0.604. The monoisotopic (exact) mass is 1370 g/mol. The van der Waals surface area contributed by atoms with Gasteiger partial charge in [0.1, 0.15) is 12.2 Å². The second kappa shape index (κ2) is 30.9. The number of nitrogens with zero attached hydrogens (tertiary/aromatic N) is 7. The zero-order valence-corrected chi connectivity index (χ0v) is 57.7. The van der Waals surface area contributed by atoms with E-state index < -0.39 is 47.5 Å². The van der Waals surface area contributed by atoms with Gasteiger partial charge in [0.05, 0.1) is 40.4 Å². The number of benzene rings is 3. The number of carbonyl (C=O) groups excluding carboxylic acids is 8. The molecule has 3 aromatic carbocycles. The lowest BCUT2D eigenvalue weighted by Crippen LogP contribution is -2.54. The normalized spacial score (nSPS) is 19.4. The van der Waals surface area contributed by atoms with Crippen molar-refractivity contribution in [2.45, 2.75) is 143 Å². The fourth-order valence-corrected chi connectivity index (χ4v) is 16.0. The number of unbranched alkanes of at least 4 members (excludes halogenated alkanes) is 2. The molecule has 7 N–H and O–H groups in total. The van der Waals surface area contributed by atoms with Crippen LogP contribution in [0.4, 0.5) is 20.4 Å². The van der Waals surface area contributed by atoms with Crippen LogP contribution in [-0.4, -0.2) is 133 Å². The predicted molar refractivity (Wildman–Crippen MR) is 373 cm³/mol.